The summed E-state index contributed by atoms with van der Waals surface area (Å²) >= 11 is 1.57. The Morgan fingerprint density at radius 1 is 1.38 bits per heavy atom. The highest BCUT2D eigenvalue weighted by molar-refractivity contribution is 7.09. The molecule has 2 atom stereocenters. The maximum atomic E-state index is 4.62. The van der Waals surface area contributed by atoms with Crippen molar-refractivity contribution >= 4 is 16.7 Å². The van der Waals surface area contributed by atoms with Crippen LogP contribution in [-0.2, 0) is 6.42 Å². The van der Waals surface area contributed by atoms with Gasteiger partial charge in [0.2, 0.25) is 5.13 Å². The molecule has 0 amide bonds. The van der Waals surface area contributed by atoms with E-state index in [0.717, 1.165) is 35.6 Å². The molecule has 1 N–H and O–H groups in total. The predicted molar refractivity (Wildman–Crippen MR) is 66.0 cm³/mol. The summed E-state index contributed by atoms with van der Waals surface area (Å²) < 4.78 is 4.42. The van der Waals surface area contributed by atoms with Gasteiger partial charge in [-0.2, -0.15) is 4.37 Å². The van der Waals surface area contributed by atoms with Crippen molar-refractivity contribution in [3.8, 4) is 0 Å². The van der Waals surface area contributed by atoms with Gasteiger partial charge in [0.15, 0.2) is 0 Å². The summed E-state index contributed by atoms with van der Waals surface area (Å²) in [5.41, 5.74) is 0. The molecule has 1 aromatic rings. The maximum absolute atomic E-state index is 4.62. The van der Waals surface area contributed by atoms with E-state index in [1.54, 1.807) is 11.5 Å². The molecule has 0 saturated carbocycles. The highest BCUT2D eigenvalue weighted by atomic mass is 32.1. The van der Waals surface area contributed by atoms with E-state index in [-0.39, 0.29) is 0 Å². The molecule has 2 saturated heterocycles. The molecule has 2 aliphatic heterocycles. The second-order valence-electron chi connectivity index (χ2n) is 4.83. The standard InChI is InChI=1S/C11H18N4S/c1-2-3-10-13-11(16-14-10)15-6-8-4-12-5-9(8)7-15/h8-9,12H,2-7H2,1H3. The van der Waals surface area contributed by atoms with Gasteiger partial charge in [0.1, 0.15) is 5.82 Å². The molecule has 4 nitrogen and oxygen atoms in total. The first-order valence-corrected chi connectivity index (χ1v) is 6.92. The van der Waals surface area contributed by atoms with Crippen molar-refractivity contribution < 1.29 is 0 Å². The van der Waals surface area contributed by atoms with Gasteiger partial charge in [-0.25, -0.2) is 4.98 Å². The molecule has 5 heteroatoms. The van der Waals surface area contributed by atoms with E-state index in [1.807, 2.05) is 0 Å². The third-order valence-electron chi connectivity index (χ3n) is 3.59. The average Bonchev–Trinajstić information content (AvgIpc) is 2.88. The molecule has 0 radical (unpaired) electrons. The van der Waals surface area contributed by atoms with E-state index >= 15 is 0 Å². The van der Waals surface area contributed by atoms with Crippen molar-refractivity contribution in [3.05, 3.63) is 5.82 Å². The van der Waals surface area contributed by atoms with Crippen LogP contribution >= 0.6 is 11.5 Å². The lowest BCUT2D eigenvalue weighted by atomic mass is 10.0. The quantitative estimate of drug-likeness (QED) is 0.857. The molecule has 3 heterocycles. The van der Waals surface area contributed by atoms with Crippen LogP contribution in [0, 0.1) is 11.8 Å². The molecule has 0 aliphatic carbocycles. The molecule has 1 aromatic heterocycles. The van der Waals surface area contributed by atoms with E-state index in [1.165, 1.54) is 26.2 Å². The van der Waals surface area contributed by atoms with E-state index in [2.05, 4.69) is 26.5 Å². The Hall–Kier alpha value is -0.680. The van der Waals surface area contributed by atoms with Crippen molar-refractivity contribution in [1.82, 2.24) is 14.7 Å². The SMILES string of the molecule is CCCc1nsc(N2CC3CNCC3C2)n1. The van der Waals surface area contributed by atoms with Crippen molar-refractivity contribution in [3.63, 3.8) is 0 Å². The lowest BCUT2D eigenvalue weighted by Crippen LogP contribution is -2.25. The van der Waals surface area contributed by atoms with E-state index < -0.39 is 0 Å². The monoisotopic (exact) mass is 238 g/mol. The van der Waals surface area contributed by atoms with Gasteiger partial charge in [0, 0.05) is 44.1 Å². The van der Waals surface area contributed by atoms with Crippen LogP contribution in [-0.4, -0.2) is 35.5 Å². The maximum Gasteiger partial charge on any atom is 0.205 e. The highest BCUT2D eigenvalue weighted by Crippen LogP contribution is 2.31. The fraction of sp³-hybridized carbons (Fsp3) is 0.818. The first-order chi connectivity index (χ1) is 7.86. The zero-order valence-corrected chi connectivity index (χ0v) is 10.5. The van der Waals surface area contributed by atoms with Gasteiger partial charge in [-0.05, 0) is 18.3 Å². The Morgan fingerprint density at radius 3 is 2.81 bits per heavy atom. The number of nitrogens with zero attached hydrogens (tertiary/aromatic N) is 3. The van der Waals surface area contributed by atoms with Crippen LogP contribution in [0.5, 0.6) is 0 Å². The minimum atomic E-state index is 0.832. The van der Waals surface area contributed by atoms with Gasteiger partial charge < -0.3 is 10.2 Å². The summed E-state index contributed by atoms with van der Waals surface area (Å²) in [5, 5.41) is 4.60. The van der Waals surface area contributed by atoms with Crippen molar-refractivity contribution in [2.45, 2.75) is 19.8 Å². The zero-order chi connectivity index (χ0) is 11.0. The molecule has 2 fully saturated rings. The molecule has 0 bridgehead atoms. The molecular weight excluding hydrogens is 220 g/mol. The van der Waals surface area contributed by atoms with Gasteiger partial charge in [-0.3, -0.25) is 0 Å². The summed E-state index contributed by atoms with van der Waals surface area (Å²) in [5.74, 6) is 2.69. The predicted octanol–water partition coefficient (Wildman–Crippen LogP) is 1.15. The van der Waals surface area contributed by atoms with Crippen LogP contribution < -0.4 is 10.2 Å². The van der Waals surface area contributed by atoms with E-state index in [4.69, 9.17) is 0 Å². The fourth-order valence-corrected chi connectivity index (χ4v) is 3.44. The van der Waals surface area contributed by atoms with Crippen molar-refractivity contribution in [2.75, 3.05) is 31.1 Å². The second kappa shape index (κ2) is 4.30. The van der Waals surface area contributed by atoms with Gasteiger partial charge in [0.25, 0.3) is 0 Å². The fourth-order valence-electron chi connectivity index (χ4n) is 2.71. The number of nitrogens with one attached hydrogen (secondary N) is 1. The number of rotatable bonds is 3. The van der Waals surface area contributed by atoms with Crippen LogP contribution in [0.2, 0.25) is 0 Å². The lowest BCUT2D eigenvalue weighted by Gasteiger charge is -2.14. The topological polar surface area (TPSA) is 41.1 Å². The number of hydrogen-bond acceptors (Lipinski definition) is 5. The van der Waals surface area contributed by atoms with Gasteiger partial charge in [-0.15, -0.1) is 0 Å². The summed E-state index contributed by atoms with van der Waals surface area (Å²) in [6, 6.07) is 0. The molecule has 0 aromatic carbocycles. The summed E-state index contributed by atoms with van der Waals surface area (Å²) in [4.78, 5) is 7.05. The Morgan fingerprint density at radius 2 is 2.12 bits per heavy atom. The molecule has 88 valence electrons. The first-order valence-electron chi connectivity index (χ1n) is 6.15. The largest absolute Gasteiger partial charge is 0.346 e. The third kappa shape index (κ3) is 1.82. The summed E-state index contributed by atoms with van der Waals surface area (Å²) in [6.45, 7) is 6.87. The van der Waals surface area contributed by atoms with Crippen LogP contribution in [0.25, 0.3) is 0 Å². The highest BCUT2D eigenvalue weighted by Gasteiger charge is 2.37. The average molecular weight is 238 g/mol. The minimum Gasteiger partial charge on any atom is -0.346 e. The normalized spacial score (nSPS) is 28.7. The summed E-state index contributed by atoms with van der Waals surface area (Å²) in [7, 11) is 0. The molecular formula is C11H18N4S. The molecule has 3 rings (SSSR count). The van der Waals surface area contributed by atoms with Crippen LogP contribution in [0.1, 0.15) is 19.2 Å². The van der Waals surface area contributed by atoms with Crippen molar-refractivity contribution in [2.24, 2.45) is 11.8 Å². The Labute approximate surface area is 100 Å². The number of fused-ring (bicyclic) bond motifs is 1. The summed E-state index contributed by atoms with van der Waals surface area (Å²) in [6.07, 6.45) is 2.14. The zero-order valence-electron chi connectivity index (χ0n) is 9.65. The Balaban J connectivity index is 1.68. The lowest BCUT2D eigenvalue weighted by molar-refractivity contribution is 0.533. The number of aromatic nitrogens is 2. The molecule has 16 heavy (non-hydrogen) atoms. The third-order valence-corrected chi connectivity index (χ3v) is 4.41. The van der Waals surface area contributed by atoms with Crippen LogP contribution in [0.15, 0.2) is 0 Å². The first kappa shape index (κ1) is 10.5. The van der Waals surface area contributed by atoms with Crippen molar-refractivity contribution in [1.29, 1.82) is 0 Å². The number of anilines is 1. The number of hydrogen-bond donors (Lipinski definition) is 1. The minimum absolute atomic E-state index is 0.832. The van der Waals surface area contributed by atoms with E-state index in [0.29, 0.717) is 0 Å². The van der Waals surface area contributed by atoms with Gasteiger partial charge >= 0.3 is 0 Å². The smallest absolute Gasteiger partial charge is 0.205 e. The van der Waals surface area contributed by atoms with Gasteiger partial charge in [-0.1, -0.05) is 6.92 Å². The molecule has 2 aliphatic rings. The van der Waals surface area contributed by atoms with Gasteiger partial charge in [0.05, 0.1) is 0 Å². The molecule has 0 spiro atoms. The Bertz CT molecular complexity index is 353. The second-order valence-corrected chi connectivity index (χ2v) is 5.56. The van der Waals surface area contributed by atoms with Crippen LogP contribution in [0.3, 0.4) is 0 Å². The molecule has 2 unspecified atom stereocenters. The van der Waals surface area contributed by atoms with E-state index in [9.17, 15) is 0 Å². The van der Waals surface area contributed by atoms with Crippen LogP contribution in [0.4, 0.5) is 5.13 Å². The Kier molecular flexibility index (Phi) is 2.81. The number of aryl methyl sites for hydroxylation is 1.